The number of rotatable bonds is 9. The number of unbranched alkanes of at least 4 members (excludes halogenated alkanes) is 1. The van der Waals surface area contributed by atoms with Gasteiger partial charge in [-0.3, -0.25) is 4.79 Å². The zero-order valence-electron chi connectivity index (χ0n) is 14.4. The van der Waals surface area contributed by atoms with E-state index in [2.05, 4.69) is 25.7 Å². The summed E-state index contributed by atoms with van der Waals surface area (Å²) in [5, 5.41) is 0. The van der Waals surface area contributed by atoms with Gasteiger partial charge in [0.15, 0.2) is 0 Å². The normalized spacial score (nSPS) is 27.0. The molecule has 3 unspecified atom stereocenters. The van der Waals surface area contributed by atoms with Crippen LogP contribution in [0.5, 0.6) is 0 Å². The molecule has 124 valence electrons. The molecule has 1 saturated carbocycles. The fourth-order valence-corrected chi connectivity index (χ4v) is 3.46. The summed E-state index contributed by atoms with van der Waals surface area (Å²) >= 11 is 0. The molecule has 0 radical (unpaired) electrons. The third-order valence-corrected chi connectivity index (χ3v) is 5.21. The molecule has 0 aliphatic heterocycles. The van der Waals surface area contributed by atoms with E-state index in [-0.39, 0.29) is 11.9 Å². The molecule has 0 aromatic rings. The maximum atomic E-state index is 12.0. The first-order valence-corrected chi connectivity index (χ1v) is 8.60. The third-order valence-electron chi connectivity index (χ3n) is 5.21. The summed E-state index contributed by atoms with van der Waals surface area (Å²) in [6.07, 6.45) is 7.48. The number of hydrogen-bond acceptors (Lipinski definition) is 4. The van der Waals surface area contributed by atoms with Gasteiger partial charge in [0.1, 0.15) is 5.54 Å². The van der Waals surface area contributed by atoms with Crippen LogP contribution < -0.4 is 5.73 Å². The molecule has 21 heavy (non-hydrogen) atoms. The van der Waals surface area contributed by atoms with Gasteiger partial charge in [-0.15, -0.1) is 0 Å². The molecule has 1 rings (SSSR count). The second-order valence-corrected chi connectivity index (χ2v) is 6.56. The smallest absolute Gasteiger partial charge is 0.326 e. The van der Waals surface area contributed by atoms with E-state index >= 15 is 0 Å². The van der Waals surface area contributed by atoms with Crippen LogP contribution in [-0.4, -0.2) is 42.6 Å². The predicted molar refractivity (Wildman–Crippen MR) is 87.1 cm³/mol. The maximum Gasteiger partial charge on any atom is 0.326 e. The lowest BCUT2D eigenvalue weighted by Gasteiger charge is -2.33. The fraction of sp³-hybridized carbons (Fsp3) is 0.941. The van der Waals surface area contributed by atoms with Gasteiger partial charge in [0.25, 0.3) is 0 Å². The number of carbonyl (C=O) groups excluding carboxylic acids is 1. The Balaban J connectivity index is 2.59. The predicted octanol–water partition coefficient (Wildman–Crippen LogP) is 2.95. The molecule has 0 heterocycles. The zero-order chi connectivity index (χ0) is 15.9. The van der Waals surface area contributed by atoms with Crippen LogP contribution in [0.15, 0.2) is 0 Å². The van der Waals surface area contributed by atoms with Crippen LogP contribution in [0.1, 0.15) is 65.7 Å². The number of ether oxygens (including phenoxy) is 1. The van der Waals surface area contributed by atoms with Gasteiger partial charge in [0, 0.05) is 6.04 Å². The topological polar surface area (TPSA) is 55.6 Å². The van der Waals surface area contributed by atoms with Gasteiger partial charge in [0.05, 0.1) is 7.11 Å². The molecule has 4 nitrogen and oxygen atoms in total. The quantitative estimate of drug-likeness (QED) is 0.665. The van der Waals surface area contributed by atoms with E-state index in [1.54, 1.807) is 0 Å². The number of nitrogens with two attached hydrogens (primary N) is 1. The second-order valence-electron chi connectivity index (χ2n) is 6.56. The Morgan fingerprint density at radius 2 is 2.14 bits per heavy atom. The summed E-state index contributed by atoms with van der Waals surface area (Å²) in [7, 11) is 1.44. The van der Waals surface area contributed by atoms with Gasteiger partial charge in [-0.25, -0.2) is 0 Å². The highest BCUT2D eigenvalue weighted by Crippen LogP contribution is 2.37. The van der Waals surface area contributed by atoms with Crippen molar-refractivity contribution in [2.75, 3.05) is 20.2 Å². The molecule has 2 N–H and O–H groups in total. The molecular formula is C17H34N2O2. The van der Waals surface area contributed by atoms with Gasteiger partial charge >= 0.3 is 5.97 Å². The van der Waals surface area contributed by atoms with Crippen molar-refractivity contribution in [1.82, 2.24) is 4.90 Å². The highest BCUT2D eigenvalue weighted by molar-refractivity contribution is 5.81. The van der Waals surface area contributed by atoms with Crippen LogP contribution in [0.4, 0.5) is 0 Å². The Labute approximate surface area is 130 Å². The number of esters is 1. The largest absolute Gasteiger partial charge is 0.468 e. The molecular weight excluding hydrogens is 264 g/mol. The Bertz CT molecular complexity index is 322. The van der Waals surface area contributed by atoms with Crippen molar-refractivity contribution in [2.45, 2.75) is 77.3 Å². The van der Waals surface area contributed by atoms with Gasteiger partial charge in [-0.2, -0.15) is 0 Å². The SMILES string of the molecule is CCCCN(CCC1CCCC1(N)C(=O)OC)C(C)CC. The van der Waals surface area contributed by atoms with Crippen molar-refractivity contribution in [3.63, 3.8) is 0 Å². The van der Waals surface area contributed by atoms with E-state index < -0.39 is 5.54 Å². The van der Waals surface area contributed by atoms with E-state index in [1.165, 1.54) is 26.4 Å². The van der Waals surface area contributed by atoms with Crippen molar-refractivity contribution in [3.8, 4) is 0 Å². The van der Waals surface area contributed by atoms with E-state index in [0.29, 0.717) is 6.04 Å². The minimum atomic E-state index is -0.749. The first-order valence-electron chi connectivity index (χ1n) is 8.60. The molecule has 0 aromatic heterocycles. The first kappa shape index (κ1) is 18.4. The van der Waals surface area contributed by atoms with Crippen LogP contribution in [0.2, 0.25) is 0 Å². The highest BCUT2D eigenvalue weighted by Gasteiger charge is 2.46. The van der Waals surface area contributed by atoms with Crippen LogP contribution in [-0.2, 0) is 9.53 Å². The Morgan fingerprint density at radius 1 is 1.43 bits per heavy atom. The van der Waals surface area contributed by atoms with E-state index in [0.717, 1.165) is 38.8 Å². The number of methoxy groups -OCH3 is 1. The van der Waals surface area contributed by atoms with Crippen molar-refractivity contribution in [3.05, 3.63) is 0 Å². The van der Waals surface area contributed by atoms with Crippen LogP contribution in [0.25, 0.3) is 0 Å². The molecule has 3 atom stereocenters. The van der Waals surface area contributed by atoms with E-state index in [9.17, 15) is 4.79 Å². The van der Waals surface area contributed by atoms with Gasteiger partial charge in [-0.05, 0) is 58.0 Å². The Hall–Kier alpha value is -0.610. The first-order chi connectivity index (χ1) is 9.99. The average Bonchev–Trinajstić information content (AvgIpc) is 2.88. The van der Waals surface area contributed by atoms with Gasteiger partial charge in [0.2, 0.25) is 0 Å². The number of hydrogen-bond donors (Lipinski definition) is 1. The third kappa shape index (κ3) is 4.68. The second kappa shape index (κ2) is 8.74. The lowest BCUT2D eigenvalue weighted by molar-refractivity contribution is -0.148. The van der Waals surface area contributed by atoms with Crippen LogP contribution in [0, 0.1) is 5.92 Å². The highest BCUT2D eigenvalue weighted by atomic mass is 16.5. The summed E-state index contributed by atoms with van der Waals surface area (Å²) in [6, 6.07) is 0.600. The molecule has 1 aliphatic carbocycles. The lowest BCUT2D eigenvalue weighted by Crippen LogP contribution is -2.52. The summed E-state index contributed by atoms with van der Waals surface area (Å²) < 4.78 is 4.93. The zero-order valence-corrected chi connectivity index (χ0v) is 14.4. The van der Waals surface area contributed by atoms with Crippen LogP contribution >= 0.6 is 0 Å². The van der Waals surface area contributed by atoms with Crippen molar-refractivity contribution >= 4 is 5.97 Å². The number of carbonyl (C=O) groups is 1. The average molecular weight is 298 g/mol. The summed E-state index contributed by atoms with van der Waals surface area (Å²) in [5.41, 5.74) is 5.61. The summed E-state index contributed by atoms with van der Waals surface area (Å²) in [6.45, 7) is 8.94. The summed E-state index contributed by atoms with van der Waals surface area (Å²) in [5.74, 6) is 0.0341. The monoisotopic (exact) mass is 298 g/mol. The van der Waals surface area contributed by atoms with Crippen molar-refractivity contribution < 1.29 is 9.53 Å². The minimum Gasteiger partial charge on any atom is -0.468 e. The molecule has 1 aliphatic rings. The van der Waals surface area contributed by atoms with Crippen molar-refractivity contribution in [2.24, 2.45) is 11.7 Å². The maximum absolute atomic E-state index is 12.0. The lowest BCUT2D eigenvalue weighted by atomic mass is 9.85. The standard InChI is InChI=1S/C17H34N2O2/c1-5-7-12-19(14(3)6-2)13-10-15-9-8-11-17(15,18)16(20)21-4/h14-15H,5-13,18H2,1-4H3. The van der Waals surface area contributed by atoms with Crippen LogP contribution in [0.3, 0.4) is 0 Å². The van der Waals surface area contributed by atoms with Gasteiger partial charge in [-0.1, -0.05) is 26.7 Å². The molecule has 0 aromatic carbocycles. The Morgan fingerprint density at radius 3 is 2.71 bits per heavy atom. The molecule has 4 heteroatoms. The number of nitrogens with zero attached hydrogens (tertiary/aromatic N) is 1. The van der Waals surface area contributed by atoms with Crippen molar-refractivity contribution in [1.29, 1.82) is 0 Å². The van der Waals surface area contributed by atoms with Gasteiger partial charge < -0.3 is 15.4 Å². The Kier molecular flexibility index (Phi) is 7.67. The molecule has 0 spiro atoms. The van der Waals surface area contributed by atoms with E-state index in [4.69, 9.17) is 10.5 Å². The molecule has 1 fully saturated rings. The minimum absolute atomic E-state index is 0.228. The fourth-order valence-electron chi connectivity index (χ4n) is 3.46. The molecule has 0 bridgehead atoms. The molecule has 0 saturated heterocycles. The summed E-state index contributed by atoms with van der Waals surface area (Å²) in [4.78, 5) is 14.5. The molecule has 0 amide bonds. The van der Waals surface area contributed by atoms with E-state index in [1.807, 2.05) is 0 Å².